The van der Waals surface area contributed by atoms with Crippen molar-refractivity contribution in [3.8, 4) is 11.8 Å². The molecule has 2 N–H and O–H groups in total. The number of carboxylic acid groups (broad SMARTS) is 1. The SMILES string of the molecule is N#C/C(=C/c1cccn1-c1cccc(C(=O)O)c1)C(=O)Nc1ccc(Cl)c(Cl)c1. The molecule has 0 atom stereocenters. The van der Waals surface area contributed by atoms with Gasteiger partial charge in [0.15, 0.2) is 0 Å². The lowest BCUT2D eigenvalue weighted by Crippen LogP contribution is -2.13. The first-order chi connectivity index (χ1) is 13.9. The van der Waals surface area contributed by atoms with Crippen LogP contribution in [0.2, 0.25) is 10.0 Å². The molecule has 0 bridgehead atoms. The van der Waals surface area contributed by atoms with Crippen LogP contribution in [-0.4, -0.2) is 21.6 Å². The predicted molar refractivity (Wildman–Crippen MR) is 111 cm³/mol. The Bertz CT molecular complexity index is 1180. The molecule has 144 valence electrons. The molecule has 1 aromatic heterocycles. The van der Waals surface area contributed by atoms with Gasteiger partial charge in [0.05, 0.1) is 15.6 Å². The summed E-state index contributed by atoms with van der Waals surface area (Å²) in [5.41, 5.74) is 1.52. The largest absolute Gasteiger partial charge is 0.478 e. The average molecular weight is 426 g/mol. The van der Waals surface area contributed by atoms with E-state index < -0.39 is 11.9 Å². The molecule has 3 rings (SSSR count). The molecule has 0 saturated carbocycles. The second-order valence-electron chi connectivity index (χ2n) is 5.91. The summed E-state index contributed by atoms with van der Waals surface area (Å²) in [6.07, 6.45) is 3.12. The fourth-order valence-corrected chi connectivity index (χ4v) is 2.90. The molecule has 0 radical (unpaired) electrons. The third-order valence-electron chi connectivity index (χ3n) is 3.99. The summed E-state index contributed by atoms with van der Waals surface area (Å²) >= 11 is 11.8. The first kappa shape index (κ1) is 20.2. The van der Waals surface area contributed by atoms with Crippen LogP contribution in [0.3, 0.4) is 0 Å². The molecular formula is C21H13Cl2N3O3. The number of carboxylic acids is 1. The maximum atomic E-state index is 12.5. The number of rotatable bonds is 5. The number of hydrogen-bond donors (Lipinski definition) is 2. The molecule has 0 saturated heterocycles. The Labute approximate surface area is 176 Å². The smallest absolute Gasteiger partial charge is 0.335 e. The van der Waals surface area contributed by atoms with E-state index in [1.54, 1.807) is 41.1 Å². The van der Waals surface area contributed by atoms with Crippen molar-refractivity contribution in [3.05, 3.63) is 87.7 Å². The number of nitriles is 1. The zero-order valence-electron chi connectivity index (χ0n) is 14.8. The molecule has 8 heteroatoms. The molecule has 0 spiro atoms. The monoisotopic (exact) mass is 425 g/mol. The summed E-state index contributed by atoms with van der Waals surface area (Å²) in [5, 5.41) is 21.8. The molecule has 0 aliphatic carbocycles. The van der Waals surface area contributed by atoms with Crippen LogP contribution in [-0.2, 0) is 4.79 Å². The Morgan fingerprint density at radius 2 is 1.86 bits per heavy atom. The van der Waals surface area contributed by atoms with Crippen LogP contribution in [0.5, 0.6) is 0 Å². The number of halogens is 2. The van der Waals surface area contributed by atoms with Crippen molar-refractivity contribution in [3.63, 3.8) is 0 Å². The van der Waals surface area contributed by atoms with E-state index in [-0.39, 0.29) is 16.2 Å². The summed E-state index contributed by atoms with van der Waals surface area (Å²) in [5.74, 6) is -1.66. The number of hydrogen-bond acceptors (Lipinski definition) is 3. The van der Waals surface area contributed by atoms with Crippen LogP contribution in [0, 0.1) is 11.3 Å². The molecule has 29 heavy (non-hydrogen) atoms. The highest BCUT2D eigenvalue weighted by Crippen LogP contribution is 2.25. The zero-order chi connectivity index (χ0) is 21.0. The summed E-state index contributed by atoms with van der Waals surface area (Å²) in [6.45, 7) is 0. The first-order valence-corrected chi connectivity index (χ1v) is 9.04. The van der Waals surface area contributed by atoms with Crippen LogP contribution in [0.25, 0.3) is 11.8 Å². The van der Waals surface area contributed by atoms with E-state index in [0.29, 0.717) is 22.1 Å². The van der Waals surface area contributed by atoms with E-state index >= 15 is 0 Å². The van der Waals surface area contributed by atoms with Gasteiger partial charge in [-0.25, -0.2) is 4.79 Å². The number of aromatic carboxylic acids is 1. The van der Waals surface area contributed by atoms with Gasteiger partial charge in [0.1, 0.15) is 11.6 Å². The van der Waals surface area contributed by atoms with E-state index in [1.807, 2.05) is 6.07 Å². The van der Waals surface area contributed by atoms with E-state index in [9.17, 15) is 20.0 Å². The third kappa shape index (κ3) is 4.66. The highest BCUT2D eigenvalue weighted by molar-refractivity contribution is 6.42. The molecule has 0 unspecified atom stereocenters. The van der Waals surface area contributed by atoms with Gasteiger partial charge in [0, 0.05) is 23.3 Å². The number of carbonyl (C=O) groups excluding carboxylic acids is 1. The number of benzene rings is 2. The van der Waals surface area contributed by atoms with E-state index in [0.717, 1.165) is 0 Å². The summed E-state index contributed by atoms with van der Waals surface area (Å²) < 4.78 is 1.68. The van der Waals surface area contributed by atoms with Gasteiger partial charge in [0.2, 0.25) is 0 Å². The van der Waals surface area contributed by atoms with Crippen LogP contribution in [0.1, 0.15) is 16.1 Å². The van der Waals surface area contributed by atoms with E-state index in [2.05, 4.69) is 5.32 Å². The van der Waals surface area contributed by atoms with E-state index in [4.69, 9.17) is 23.2 Å². The van der Waals surface area contributed by atoms with Crippen molar-refractivity contribution < 1.29 is 14.7 Å². The normalized spacial score (nSPS) is 11.0. The van der Waals surface area contributed by atoms with Crippen molar-refractivity contribution in [2.45, 2.75) is 0 Å². The number of nitrogens with one attached hydrogen (secondary N) is 1. The predicted octanol–water partition coefficient (Wildman–Crippen LogP) is 5.03. The lowest BCUT2D eigenvalue weighted by atomic mass is 10.2. The fourth-order valence-electron chi connectivity index (χ4n) is 2.60. The molecule has 0 aliphatic rings. The molecular weight excluding hydrogens is 413 g/mol. The van der Waals surface area contributed by atoms with Crippen LogP contribution < -0.4 is 5.32 Å². The molecule has 0 aliphatic heterocycles. The number of nitrogens with zero attached hydrogens (tertiary/aromatic N) is 2. The van der Waals surface area contributed by atoms with Gasteiger partial charge in [-0.2, -0.15) is 5.26 Å². The Morgan fingerprint density at radius 3 is 2.55 bits per heavy atom. The van der Waals surface area contributed by atoms with Gasteiger partial charge >= 0.3 is 5.97 Å². The van der Waals surface area contributed by atoms with Crippen molar-refractivity contribution in [1.29, 1.82) is 5.26 Å². The number of carbonyl (C=O) groups is 2. The summed E-state index contributed by atoms with van der Waals surface area (Å²) in [6, 6.07) is 16.2. The molecule has 6 nitrogen and oxygen atoms in total. The average Bonchev–Trinajstić information content (AvgIpc) is 3.17. The minimum absolute atomic E-state index is 0.129. The minimum atomic E-state index is -1.05. The van der Waals surface area contributed by atoms with Crippen molar-refractivity contribution in [2.75, 3.05) is 5.32 Å². The number of amides is 1. The van der Waals surface area contributed by atoms with Gasteiger partial charge in [-0.05, 0) is 54.6 Å². The maximum absolute atomic E-state index is 12.5. The summed E-state index contributed by atoms with van der Waals surface area (Å²) in [4.78, 5) is 23.7. The quantitative estimate of drug-likeness (QED) is 0.442. The van der Waals surface area contributed by atoms with Gasteiger partial charge < -0.3 is 15.0 Å². The molecule has 0 fully saturated rings. The highest BCUT2D eigenvalue weighted by atomic mass is 35.5. The number of anilines is 1. The minimum Gasteiger partial charge on any atom is -0.478 e. The Kier molecular flexibility index (Phi) is 6.03. The van der Waals surface area contributed by atoms with Crippen molar-refractivity contribution in [1.82, 2.24) is 4.57 Å². The van der Waals surface area contributed by atoms with Gasteiger partial charge in [-0.3, -0.25) is 4.79 Å². The second-order valence-corrected chi connectivity index (χ2v) is 6.73. The maximum Gasteiger partial charge on any atom is 0.335 e. The van der Waals surface area contributed by atoms with E-state index in [1.165, 1.54) is 30.3 Å². The Balaban J connectivity index is 1.90. The number of aromatic nitrogens is 1. The molecule has 1 heterocycles. The third-order valence-corrected chi connectivity index (χ3v) is 4.73. The van der Waals surface area contributed by atoms with Gasteiger partial charge in [-0.15, -0.1) is 0 Å². The molecule has 2 aromatic carbocycles. The molecule has 1 amide bonds. The first-order valence-electron chi connectivity index (χ1n) is 8.28. The van der Waals surface area contributed by atoms with Crippen LogP contribution >= 0.6 is 23.2 Å². The highest BCUT2D eigenvalue weighted by Gasteiger charge is 2.13. The van der Waals surface area contributed by atoms with Gasteiger partial charge in [0.25, 0.3) is 5.91 Å². The Morgan fingerprint density at radius 1 is 1.07 bits per heavy atom. The Hall–Kier alpha value is -3.53. The fraction of sp³-hybridized carbons (Fsp3) is 0. The molecule has 3 aromatic rings. The standard InChI is InChI=1S/C21H13Cl2N3O3/c22-18-7-6-15(11-19(18)23)25-20(27)14(12-24)10-17-5-2-8-26(17)16-4-1-3-13(9-16)21(28)29/h1-11H,(H,25,27)(H,28,29)/b14-10-. The van der Waals surface area contributed by atoms with Gasteiger partial charge in [-0.1, -0.05) is 29.3 Å². The van der Waals surface area contributed by atoms with Crippen molar-refractivity contribution >= 4 is 46.8 Å². The van der Waals surface area contributed by atoms with Crippen LogP contribution in [0.4, 0.5) is 5.69 Å². The lowest BCUT2D eigenvalue weighted by Gasteiger charge is -2.09. The second kappa shape index (κ2) is 8.65. The zero-order valence-corrected chi connectivity index (χ0v) is 16.3. The lowest BCUT2D eigenvalue weighted by molar-refractivity contribution is -0.112. The summed E-state index contributed by atoms with van der Waals surface area (Å²) in [7, 11) is 0. The van der Waals surface area contributed by atoms with Crippen molar-refractivity contribution in [2.24, 2.45) is 0 Å². The van der Waals surface area contributed by atoms with Crippen LogP contribution in [0.15, 0.2) is 66.4 Å². The topological polar surface area (TPSA) is 95.1 Å².